The van der Waals surface area contributed by atoms with Crippen molar-refractivity contribution in [3.8, 4) is 5.75 Å². The van der Waals surface area contributed by atoms with Gasteiger partial charge in [0.1, 0.15) is 6.10 Å². The summed E-state index contributed by atoms with van der Waals surface area (Å²) >= 11 is 0. The van der Waals surface area contributed by atoms with Crippen molar-refractivity contribution in [2.45, 2.75) is 44.4 Å². The first-order valence-electron chi connectivity index (χ1n) is 8.60. The van der Waals surface area contributed by atoms with Crippen LogP contribution in [-0.2, 0) is 11.3 Å². The summed E-state index contributed by atoms with van der Waals surface area (Å²) in [6.07, 6.45) is 2.69. The van der Waals surface area contributed by atoms with Crippen molar-refractivity contribution in [2.24, 2.45) is 5.92 Å². The van der Waals surface area contributed by atoms with Crippen LogP contribution in [0, 0.1) is 11.7 Å². The molecule has 1 heterocycles. The molecule has 6 heteroatoms. The predicted molar refractivity (Wildman–Crippen MR) is 88.1 cm³/mol. The van der Waals surface area contributed by atoms with Crippen molar-refractivity contribution in [1.82, 2.24) is 10.2 Å². The molecule has 0 aromatic heterocycles. The predicted octanol–water partition coefficient (Wildman–Crippen LogP) is 1.69. The Labute approximate surface area is 141 Å². The van der Waals surface area contributed by atoms with Gasteiger partial charge in [0.15, 0.2) is 11.6 Å². The molecular weight excluding hydrogens is 311 g/mol. The lowest BCUT2D eigenvalue weighted by molar-refractivity contribution is -0.133. The zero-order valence-electron chi connectivity index (χ0n) is 14.0. The van der Waals surface area contributed by atoms with Gasteiger partial charge in [-0.2, -0.15) is 0 Å². The average molecular weight is 336 g/mol. The Hall–Kier alpha value is -1.66. The molecule has 3 rings (SSSR count). The van der Waals surface area contributed by atoms with Gasteiger partial charge in [0.2, 0.25) is 5.91 Å². The first kappa shape index (κ1) is 17.2. The number of hydrogen-bond acceptors (Lipinski definition) is 4. The number of nitrogens with one attached hydrogen (secondary N) is 1. The van der Waals surface area contributed by atoms with Gasteiger partial charge >= 0.3 is 0 Å². The fourth-order valence-electron chi connectivity index (χ4n) is 3.22. The molecule has 132 valence electrons. The third kappa shape index (κ3) is 4.24. The molecule has 1 unspecified atom stereocenters. The molecule has 1 saturated heterocycles. The number of benzene rings is 1. The molecule has 1 aromatic rings. The normalized spacial score (nSPS) is 20.6. The summed E-state index contributed by atoms with van der Waals surface area (Å²) in [5.41, 5.74) is 0.902. The smallest absolute Gasteiger partial charge is 0.249 e. The van der Waals surface area contributed by atoms with E-state index in [1.54, 1.807) is 6.07 Å². The highest BCUT2D eigenvalue weighted by Crippen LogP contribution is 2.25. The van der Waals surface area contributed by atoms with Gasteiger partial charge in [-0.05, 0) is 62.4 Å². The number of carbonyl (C=O) groups is 1. The lowest BCUT2D eigenvalue weighted by Crippen LogP contribution is -2.44. The highest BCUT2D eigenvalue weighted by Gasteiger charge is 2.32. The Morgan fingerprint density at radius 2 is 2.08 bits per heavy atom. The molecule has 5 nitrogen and oxygen atoms in total. The number of hydrogen-bond donors (Lipinski definition) is 2. The number of ether oxygens (including phenoxy) is 1. The van der Waals surface area contributed by atoms with Crippen molar-refractivity contribution in [3.63, 3.8) is 0 Å². The zero-order chi connectivity index (χ0) is 17.1. The second kappa shape index (κ2) is 7.49. The summed E-state index contributed by atoms with van der Waals surface area (Å²) in [7, 11) is 1.45. The van der Waals surface area contributed by atoms with Crippen molar-refractivity contribution in [2.75, 3.05) is 20.2 Å². The number of nitrogens with zero attached hydrogens (tertiary/aromatic N) is 1. The van der Waals surface area contributed by atoms with Gasteiger partial charge in [-0.1, -0.05) is 6.07 Å². The number of methoxy groups -OCH3 is 1. The minimum Gasteiger partial charge on any atom is -0.494 e. The van der Waals surface area contributed by atoms with Crippen LogP contribution in [0.5, 0.6) is 5.75 Å². The van der Waals surface area contributed by atoms with Gasteiger partial charge in [-0.25, -0.2) is 4.39 Å². The number of halogens is 1. The molecule has 0 spiro atoms. The number of aliphatic hydroxyl groups is 1. The maximum Gasteiger partial charge on any atom is 0.249 e. The summed E-state index contributed by atoms with van der Waals surface area (Å²) in [5.74, 6) is -0.319. The van der Waals surface area contributed by atoms with Crippen LogP contribution in [-0.4, -0.2) is 48.3 Å². The number of likely N-dealkylation sites (tertiary alicyclic amines) is 1. The van der Waals surface area contributed by atoms with Crippen LogP contribution in [0.2, 0.25) is 0 Å². The highest BCUT2D eigenvalue weighted by atomic mass is 19.1. The van der Waals surface area contributed by atoms with Gasteiger partial charge in [0, 0.05) is 12.6 Å². The second-order valence-electron chi connectivity index (χ2n) is 6.81. The number of amides is 1. The third-order valence-corrected chi connectivity index (χ3v) is 4.89. The van der Waals surface area contributed by atoms with E-state index in [9.17, 15) is 14.3 Å². The Balaban J connectivity index is 1.47. The van der Waals surface area contributed by atoms with Gasteiger partial charge in [-0.3, -0.25) is 9.69 Å². The largest absolute Gasteiger partial charge is 0.494 e. The van der Waals surface area contributed by atoms with Crippen LogP contribution >= 0.6 is 0 Å². The van der Waals surface area contributed by atoms with E-state index in [4.69, 9.17) is 4.74 Å². The van der Waals surface area contributed by atoms with Crippen LogP contribution in [0.4, 0.5) is 4.39 Å². The second-order valence-corrected chi connectivity index (χ2v) is 6.81. The summed E-state index contributed by atoms with van der Waals surface area (Å²) in [6, 6.07) is 5.29. The molecule has 24 heavy (non-hydrogen) atoms. The van der Waals surface area contributed by atoms with E-state index in [2.05, 4.69) is 10.2 Å². The number of rotatable bonds is 6. The minimum absolute atomic E-state index is 0.00704. The van der Waals surface area contributed by atoms with Crippen molar-refractivity contribution >= 4 is 5.91 Å². The molecule has 2 fully saturated rings. The maximum absolute atomic E-state index is 13.7. The molecular formula is C18H25FN2O3. The quantitative estimate of drug-likeness (QED) is 0.830. The van der Waals surface area contributed by atoms with Crippen molar-refractivity contribution in [1.29, 1.82) is 0 Å². The molecule has 0 bridgehead atoms. The van der Waals surface area contributed by atoms with E-state index in [0.29, 0.717) is 6.54 Å². The first-order chi connectivity index (χ1) is 11.6. The minimum atomic E-state index is -0.911. The molecule has 1 atom stereocenters. The number of piperidine rings is 1. The van der Waals surface area contributed by atoms with Crippen LogP contribution in [0.1, 0.15) is 31.2 Å². The van der Waals surface area contributed by atoms with Crippen LogP contribution in [0.25, 0.3) is 0 Å². The highest BCUT2D eigenvalue weighted by molar-refractivity contribution is 5.81. The van der Waals surface area contributed by atoms with Crippen LogP contribution in [0.15, 0.2) is 18.2 Å². The van der Waals surface area contributed by atoms with Crippen LogP contribution in [0.3, 0.4) is 0 Å². The van der Waals surface area contributed by atoms with E-state index in [0.717, 1.165) is 44.3 Å². The Kier molecular flexibility index (Phi) is 5.36. The Morgan fingerprint density at radius 3 is 2.67 bits per heavy atom. The topological polar surface area (TPSA) is 61.8 Å². The van der Waals surface area contributed by atoms with E-state index < -0.39 is 6.10 Å². The number of aliphatic hydroxyl groups excluding tert-OH is 1. The fourth-order valence-corrected chi connectivity index (χ4v) is 3.22. The third-order valence-electron chi connectivity index (χ3n) is 4.89. The van der Waals surface area contributed by atoms with E-state index >= 15 is 0 Å². The summed E-state index contributed by atoms with van der Waals surface area (Å²) in [5, 5.41) is 13.1. The molecule has 2 aliphatic rings. The van der Waals surface area contributed by atoms with Gasteiger partial charge in [0.25, 0.3) is 0 Å². The lowest BCUT2D eigenvalue weighted by atomic mass is 9.90. The molecule has 2 N–H and O–H groups in total. The number of carbonyl (C=O) groups excluding carboxylic acids is 1. The average Bonchev–Trinajstić information content (AvgIpc) is 3.39. The van der Waals surface area contributed by atoms with Gasteiger partial charge in [0.05, 0.1) is 7.11 Å². The summed E-state index contributed by atoms with van der Waals surface area (Å²) < 4.78 is 18.7. The molecule has 1 aliphatic heterocycles. The molecule has 1 saturated carbocycles. The molecule has 1 aliphatic carbocycles. The Bertz CT molecular complexity index is 584. The van der Waals surface area contributed by atoms with Crippen molar-refractivity contribution < 1.29 is 19.0 Å². The lowest BCUT2D eigenvalue weighted by Gasteiger charge is -2.33. The fraction of sp³-hybridized carbons (Fsp3) is 0.611. The van der Waals surface area contributed by atoms with E-state index in [1.165, 1.54) is 13.2 Å². The zero-order valence-corrected chi connectivity index (χ0v) is 14.0. The van der Waals surface area contributed by atoms with Crippen LogP contribution < -0.4 is 10.1 Å². The monoisotopic (exact) mass is 336 g/mol. The SMILES string of the molecule is COc1ccc(CN2CCC(C(O)C(=O)NC3CC3)CC2)cc1F. The van der Waals surface area contributed by atoms with E-state index in [-0.39, 0.29) is 29.4 Å². The standard InChI is InChI=1S/C18H25FN2O3/c1-24-16-5-2-12(10-15(16)19)11-21-8-6-13(7-9-21)17(22)18(23)20-14-3-4-14/h2,5,10,13-14,17,22H,3-4,6-9,11H2,1H3,(H,20,23). The summed E-state index contributed by atoms with van der Waals surface area (Å²) in [6.45, 7) is 2.26. The first-order valence-corrected chi connectivity index (χ1v) is 8.60. The molecule has 1 aromatic carbocycles. The maximum atomic E-state index is 13.7. The molecule has 0 radical (unpaired) electrons. The van der Waals surface area contributed by atoms with Gasteiger partial charge < -0.3 is 15.2 Å². The molecule has 1 amide bonds. The summed E-state index contributed by atoms with van der Waals surface area (Å²) in [4.78, 5) is 14.2. The van der Waals surface area contributed by atoms with Crippen molar-refractivity contribution in [3.05, 3.63) is 29.6 Å². The van der Waals surface area contributed by atoms with Gasteiger partial charge in [-0.15, -0.1) is 0 Å². The van der Waals surface area contributed by atoms with E-state index in [1.807, 2.05) is 6.07 Å². The Morgan fingerprint density at radius 1 is 1.38 bits per heavy atom.